The van der Waals surface area contributed by atoms with Crippen molar-refractivity contribution < 1.29 is 23.8 Å². The molecule has 0 saturated carbocycles. The van der Waals surface area contributed by atoms with Gasteiger partial charge < -0.3 is 14.3 Å². The second kappa shape index (κ2) is 8.86. The van der Waals surface area contributed by atoms with Crippen molar-refractivity contribution in [1.29, 1.82) is 0 Å². The van der Waals surface area contributed by atoms with Crippen LogP contribution in [0.1, 0.15) is 62.3 Å². The van der Waals surface area contributed by atoms with E-state index in [4.69, 9.17) is 9.15 Å². The van der Waals surface area contributed by atoms with Crippen molar-refractivity contribution in [3.05, 3.63) is 95.1 Å². The predicted octanol–water partition coefficient (Wildman–Crippen LogP) is 6.15. The minimum Gasteiger partial charge on any atom is -0.503 e. The first kappa shape index (κ1) is 23.4. The van der Waals surface area contributed by atoms with Crippen LogP contribution < -0.4 is 9.64 Å². The lowest BCUT2D eigenvalue weighted by atomic mass is 9.85. The summed E-state index contributed by atoms with van der Waals surface area (Å²) in [4.78, 5) is 28.0. The zero-order valence-electron chi connectivity index (χ0n) is 20.0. The molecule has 2 aromatic carbocycles. The number of benzene rings is 2. The summed E-state index contributed by atoms with van der Waals surface area (Å²) >= 11 is 0. The fraction of sp³-hybridized carbons (Fsp3) is 0.286. The number of ketones is 1. The number of aliphatic hydroxyl groups is 1. The maximum Gasteiger partial charge on any atom is 0.294 e. The number of nitrogens with zero attached hydrogens (tertiary/aromatic N) is 1. The minimum absolute atomic E-state index is 0.00837. The lowest BCUT2D eigenvalue weighted by molar-refractivity contribution is -0.117. The largest absolute Gasteiger partial charge is 0.503 e. The Labute approximate surface area is 199 Å². The Morgan fingerprint density at radius 1 is 1.03 bits per heavy atom. The van der Waals surface area contributed by atoms with Crippen LogP contribution in [0.25, 0.3) is 0 Å². The van der Waals surface area contributed by atoms with Crippen molar-refractivity contribution in [2.24, 2.45) is 0 Å². The zero-order valence-corrected chi connectivity index (χ0v) is 20.0. The van der Waals surface area contributed by atoms with Crippen molar-refractivity contribution in [2.75, 3.05) is 4.90 Å². The van der Waals surface area contributed by atoms with Gasteiger partial charge >= 0.3 is 0 Å². The summed E-state index contributed by atoms with van der Waals surface area (Å²) in [6.07, 6.45) is 1.40. The van der Waals surface area contributed by atoms with Gasteiger partial charge in [-0.15, -0.1) is 0 Å². The summed E-state index contributed by atoms with van der Waals surface area (Å²) < 4.78 is 11.0. The number of amides is 1. The van der Waals surface area contributed by atoms with Gasteiger partial charge in [0.25, 0.3) is 5.91 Å². The summed E-state index contributed by atoms with van der Waals surface area (Å²) in [5.41, 5.74) is 2.31. The number of anilines is 1. The van der Waals surface area contributed by atoms with Gasteiger partial charge in [-0.25, -0.2) is 0 Å². The summed E-state index contributed by atoms with van der Waals surface area (Å²) in [5.74, 6) is -1.01. The van der Waals surface area contributed by atoms with E-state index in [1.807, 2.05) is 38.1 Å². The lowest BCUT2D eigenvalue weighted by Crippen LogP contribution is -2.31. The van der Waals surface area contributed by atoms with Gasteiger partial charge in [-0.2, -0.15) is 0 Å². The Morgan fingerprint density at radius 2 is 1.68 bits per heavy atom. The second-order valence-electron chi connectivity index (χ2n) is 9.68. The Balaban J connectivity index is 1.80. The van der Waals surface area contributed by atoms with E-state index in [9.17, 15) is 14.7 Å². The molecule has 1 aliphatic rings. The quantitative estimate of drug-likeness (QED) is 0.448. The summed E-state index contributed by atoms with van der Waals surface area (Å²) in [6, 6.07) is 17.1. The molecule has 0 saturated heterocycles. The first-order valence-corrected chi connectivity index (χ1v) is 11.3. The van der Waals surface area contributed by atoms with Crippen molar-refractivity contribution in [1.82, 2.24) is 0 Å². The Kier molecular flexibility index (Phi) is 6.09. The number of carbonyl (C=O) groups is 2. The van der Waals surface area contributed by atoms with Crippen LogP contribution in [0.5, 0.6) is 5.75 Å². The summed E-state index contributed by atoms with van der Waals surface area (Å²) in [7, 11) is 0. The van der Waals surface area contributed by atoms with E-state index < -0.39 is 23.5 Å². The van der Waals surface area contributed by atoms with Gasteiger partial charge in [0.15, 0.2) is 11.5 Å². The van der Waals surface area contributed by atoms with Gasteiger partial charge in [0, 0.05) is 5.69 Å². The molecule has 2 heterocycles. The number of Topliss-reactive ketones (excluding diaryl/α,β-unsaturated/α-hetero) is 1. The van der Waals surface area contributed by atoms with Crippen LogP contribution >= 0.6 is 0 Å². The smallest absolute Gasteiger partial charge is 0.294 e. The molecule has 1 N–H and O–H groups in total. The van der Waals surface area contributed by atoms with Gasteiger partial charge in [0.2, 0.25) is 5.78 Å². The first-order chi connectivity index (χ1) is 16.1. The van der Waals surface area contributed by atoms with E-state index >= 15 is 0 Å². The molecular formula is C28H29NO5. The molecule has 4 rings (SSSR count). The Bertz CT molecular complexity index is 1210. The SMILES string of the molecule is CC(C)Oc1ccc(N2C(=O)C(O)=C(C(=O)c3ccco3)C2c2ccc(C(C)(C)C)cc2)cc1. The van der Waals surface area contributed by atoms with Crippen LogP contribution in [0.4, 0.5) is 5.69 Å². The van der Waals surface area contributed by atoms with E-state index in [2.05, 4.69) is 20.8 Å². The van der Waals surface area contributed by atoms with Crippen LogP contribution in [0.3, 0.4) is 0 Å². The fourth-order valence-corrected chi connectivity index (χ4v) is 4.08. The molecule has 1 aromatic heterocycles. The third-order valence-corrected chi connectivity index (χ3v) is 5.78. The monoisotopic (exact) mass is 459 g/mol. The highest BCUT2D eigenvalue weighted by molar-refractivity contribution is 6.20. The molecule has 0 fully saturated rings. The average molecular weight is 460 g/mol. The number of hydrogen-bond donors (Lipinski definition) is 1. The average Bonchev–Trinajstić information content (AvgIpc) is 3.41. The van der Waals surface area contributed by atoms with Crippen molar-refractivity contribution in [3.8, 4) is 5.75 Å². The molecule has 34 heavy (non-hydrogen) atoms. The van der Waals surface area contributed by atoms with Crippen LogP contribution in [-0.4, -0.2) is 22.9 Å². The Hall–Kier alpha value is -3.80. The third-order valence-electron chi connectivity index (χ3n) is 5.78. The van der Waals surface area contributed by atoms with E-state index in [1.54, 1.807) is 30.3 Å². The molecule has 6 heteroatoms. The van der Waals surface area contributed by atoms with Gasteiger partial charge in [0.1, 0.15) is 5.75 Å². The Morgan fingerprint density at radius 3 is 2.21 bits per heavy atom. The first-order valence-electron chi connectivity index (χ1n) is 11.3. The van der Waals surface area contributed by atoms with Crippen molar-refractivity contribution in [3.63, 3.8) is 0 Å². The highest BCUT2D eigenvalue weighted by Gasteiger charge is 2.45. The number of rotatable bonds is 6. The fourth-order valence-electron chi connectivity index (χ4n) is 4.08. The molecular weight excluding hydrogens is 430 g/mol. The van der Waals surface area contributed by atoms with Crippen LogP contribution in [0.2, 0.25) is 0 Å². The molecule has 0 bridgehead atoms. The molecule has 1 atom stereocenters. The lowest BCUT2D eigenvalue weighted by Gasteiger charge is -2.28. The topological polar surface area (TPSA) is 80.0 Å². The number of ether oxygens (including phenoxy) is 1. The standard InChI is InChI=1S/C28H29NO5/c1-17(2)34-21-14-12-20(13-15-21)29-24(18-8-10-19(11-9-18)28(3,4)5)23(26(31)27(29)32)25(30)22-7-6-16-33-22/h6-17,24,31H,1-5H3. The maximum atomic E-state index is 13.3. The van der Waals surface area contributed by atoms with Crippen molar-refractivity contribution >= 4 is 17.4 Å². The molecule has 0 aliphatic carbocycles. The van der Waals surface area contributed by atoms with Gasteiger partial charge in [-0.05, 0) is 66.8 Å². The molecule has 1 unspecified atom stereocenters. The normalized spacial score (nSPS) is 16.5. The number of carbonyl (C=O) groups excluding carboxylic acids is 2. The predicted molar refractivity (Wildman–Crippen MR) is 130 cm³/mol. The number of aliphatic hydroxyl groups excluding tert-OH is 1. The summed E-state index contributed by atoms with van der Waals surface area (Å²) in [6.45, 7) is 10.2. The molecule has 0 spiro atoms. The molecule has 6 nitrogen and oxygen atoms in total. The molecule has 1 aliphatic heterocycles. The van der Waals surface area contributed by atoms with Crippen LogP contribution in [-0.2, 0) is 10.2 Å². The zero-order chi connectivity index (χ0) is 24.6. The van der Waals surface area contributed by atoms with Crippen molar-refractivity contribution in [2.45, 2.75) is 52.2 Å². The second-order valence-corrected chi connectivity index (χ2v) is 9.68. The number of furan rings is 1. The van der Waals surface area contributed by atoms with E-state index in [0.29, 0.717) is 17.0 Å². The molecule has 1 amide bonds. The van der Waals surface area contributed by atoms with E-state index in [0.717, 1.165) is 5.56 Å². The van der Waals surface area contributed by atoms with Gasteiger partial charge in [0.05, 0.1) is 24.0 Å². The van der Waals surface area contributed by atoms with Gasteiger partial charge in [-0.1, -0.05) is 45.0 Å². The molecule has 176 valence electrons. The summed E-state index contributed by atoms with van der Waals surface area (Å²) in [5, 5.41) is 10.8. The van der Waals surface area contributed by atoms with E-state index in [1.165, 1.54) is 17.2 Å². The van der Waals surface area contributed by atoms with Crippen LogP contribution in [0.15, 0.2) is 82.7 Å². The highest BCUT2D eigenvalue weighted by Crippen LogP contribution is 2.42. The van der Waals surface area contributed by atoms with Crippen LogP contribution in [0, 0.1) is 0 Å². The highest BCUT2D eigenvalue weighted by atomic mass is 16.5. The minimum atomic E-state index is -0.809. The number of hydrogen-bond acceptors (Lipinski definition) is 5. The molecule has 0 radical (unpaired) electrons. The van der Waals surface area contributed by atoms with E-state index in [-0.39, 0.29) is 22.9 Å². The third kappa shape index (κ3) is 4.36. The molecule has 3 aromatic rings. The van der Waals surface area contributed by atoms with Gasteiger partial charge in [-0.3, -0.25) is 14.5 Å². The maximum absolute atomic E-state index is 13.3.